The summed E-state index contributed by atoms with van der Waals surface area (Å²) in [7, 11) is 0. The Bertz CT molecular complexity index is 1020. The first kappa shape index (κ1) is 19.4. The molecule has 1 atom stereocenters. The summed E-state index contributed by atoms with van der Waals surface area (Å²) in [5.41, 5.74) is 1.79. The fraction of sp³-hybridized carbons (Fsp3) is 0.182. The summed E-state index contributed by atoms with van der Waals surface area (Å²) in [6, 6.07) is 3.44. The first-order valence-electron chi connectivity index (χ1n) is 8.79. The molecule has 3 rings (SSSR count). The Morgan fingerprint density at radius 3 is 2.68 bits per heavy atom. The van der Waals surface area contributed by atoms with Crippen molar-refractivity contribution in [2.45, 2.75) is 26.3 Å². The Morgan fingerprint density at radius 2 is 1.96 bits per heavy atom. The molecule has 0 N–H and O–H groups in total. The highest BCUT2D eigenvalue weighted by Crippen LogP contribution is 2.33. The SMILES string of the molecule is C/C=C(/C#N)N1C=C(C2=C(c3cc(F)c(F)cc3F)N=CCC=C2)C=CC1C. The Hall–Kier alpha value is -3.33. The molecule has 0 radical (unpaired) electrons. The second kappa shape index (κ2) is 8.13. The Labute approximate surface area is 161 Å². The van der Waals surface area contributed by atoms with Gasteiger partial charge in [-0.2, -0.15) is 5.26 Å². The molecule has 2 aliphatic heterocycles. The molecule has 0 bridgehead atoms. The van der Waals surface area contributed by atoms with E-state index in [2.05, 4.69) is 11.1 Å². The molecule has 0 amide bonds. The van der Waals surface area contributed by atoms with Crippen molar-refractivity contribution in [3.05, 3.63) is 88.6 Å². The summed E-state index contributed by atoms with van der Waals surface area (Å²) in [4.78, 5) is 6.10. The zero-order valence-electron chi connectivity index (χ0n) is 15.5. The van der Waals surface area contributed by atoms with Crippen molar-refractivity contribution in [1.82, 2.24) is 4.90 Å². The van der Waals surface area contributed by atoms with E-state index in [4.69, 9.17) is 0 Å². The minimum Gasteiger partial charge on any atom is -0.332 e. The highest BCUT2D eigenvalue weighted by Gasteiger charge is 2.22. The molecule has 28 heavy (non-hydrogen) atoms. The Kier molecular flexibility index (Phi) is 5.65. The van der Waals surface area contributed by atoms with E-state index in [0.29, 0.717) is 29.3 Å². The van der Waals surface area contributed by atoms with E-state index >= 15 is 0 Å². The lowest BCUT2D eigenvalue weighted by Crippen LogP contribution is -2.28. The van der Waals surface area contributed by atoms with Crippen LogP contribution in [0.2, 0.25) is 0 Å². The van der Waals surface area contributed by atoms with Gasteiger partial charge in [-0.05, 0) is 25.5 Å². The number of nitriles is 1. The molecule has 0 saturated heterocycles. The minimum absolute atomic E-state index is 0.0445. The van der Waals surface area contributed by atoms with Crippen LogP contribution in [0, 0.1) is 28.8 Å². The normalized spacial score (nSPS) is 19.6. The van der Waals surface area contributed by atoms with Gasteiger partial charge >= 0.3 is 0 Å². The number of hydrogen-bond acceptors (Lipinski definition) is 3. The third kappa shape index (κ3) is 3.70. The van der Waals surface area contributed by atoms with Crippen LogP contribution in [0.25, 0.3) is 5.70 Å². The molecule has 0 aromatic heterocycles. The van der Waals surface area contributed by atoms with Gasteiger partial charge < -0.3 is 4.90 Å². The number of nitrogens with zero attached hydrogens (tertiary/aromatic N) is 3. The van der Waals surface area contributed by atoms with Crippen LogP contribution in [0.3, 0.4) is 0 Å². The minimum atomic E-state index is -1.25. The zero-order valence-corrected chi connectivity index (χ0v) is 15.5. The molecule has 6 heteroatoms. The van der Waals surface area contributed by atoms with Crippen molar-refractivity contribution in [2.75, 3.05) is 0 Å². The number of hydrogen-bond donors (Lipinski definition) is 0. The number of halogens is 3. The fourth-order valence-electron chi connectivity index (χ4n) is 3.06. The van der Waals surface area contributed by atoms with Crippen LogP contribution in [-0.2, 0) is 0 Å². The van der Waals surface area contributed by atoms with Crippen LogP contribution in [-0.4, -0.2) is 17.2 Å². The average Bonchev–Trinajstić information content (AvgIpc) is 2.93. The van der Waals surface area contributed by atoms with Crippen LogP contribution in [0.5, 0.6) is 0 Å². The predicted molar refractivity (Wildman–Crippen MR) is 103 cm³/mol. The third-order valence-electron chi connectivity index (χ3n) is 4.52. The average molecular weight is 381 g/mol. The first-order valence-corrected chi connectivity index (χ1v) is 8.79. The van der Waals surface area contributed by atoms with E-state index < -0.39 is 17.5 Å². The second-order valence-electron chi connectivity index (χ2n) is 6.34. The standard InChI is InChI=1S/C22H18F3N3/c1-3-16(12-26)28-13-15(8-7-14(28)2)17-6-4-5-9-27-22(17)18-10-20(24)21(25)11-19(18)23/h3-4,6-11,13-14H,5H2,1-2H3/b16-3-. The van der Waals surface area contributed by atoms with Gasteiger partial charge in [0.05, 0.1) is 5.70 Å². The maximum atomic E-state index is 14.4. The van der Waals surface area contributed by atoms with Crippen LogP contribution in [0.4, 0.5) is 13.2 Å². The Morgan fingerprint density at radius 1 is 1.21 bits per heavy atom. The van der Waals surface area contributed by atoms with E-state index in [1.54, 1.807) is 36.4 Å². The Balaban J connectivity index is 2.20. The monoisotopic (exact) mass is 381 g/mol. The summed E-state index contributed by atoms with van der Waals surface area (Å²) >= 11 is 0. The molecule has 1 aromatic rings. The van der Waals surface area contributed by atoms with Crippen molar-refractivity contribution < 1.29 is 13.2 Å². The van der Waals surface area contributed by atoms with Crippen LogP contribution in [0.1, 0.15) is 25.8 Å². The van der Waals surface area contributed by atoms with E-state index in [0.717, 1.165) is 6.07 Å². The molecule has 0 saturated carbocycles. The van der Waals surface area contributed by atoms with Crippen molar-refractivity contribution in [3.8, 4) is 6.07 Å². The van der Waals surface area contributed by atoms with Crippen LogP contribution >= 0.6 is 0 Å². The molecular formula is C22H18F3N3. The van der Waals surface area contributed by atoms with E-state index in [-0.39, 0.29) is 17.3 Å². The lowest BCUT2D eigenvalue weighted by molar-refractivity contribution is 0.422. The maximum absolute atomic E-state index is 14.4. The van der Waals surface area contributed by atoms with Crippen molar-refractivity contribution in [2.24, 2.45) is 4.99 Å². The largest absolute Gasteiger partial charge is 0.332 e. The van der Waals surface area contributed by atoms with Gasteiger partial charge in [0.1, 0.15) is 17.6 Å². The molecule has 2 heterocycles. The molecule has 1 aromatic carbocycles. The van der Waals surface area contributed by atoms with Gasteiger partial charge in [0.25, 0.3) is 0 Å². The quantitative estimate of drug-likeness (QED) is 0.518. The van der Waals surface area contributed by atoms with Gasteiger partial charge in [0, 0.05) is 42.1 Å². The summed E-state index contributed by atoms with van der Waals surface area (Å²) in [6.45, 7) is 3.71. The first-order chi connectivity index (χ1) is 13.5. The molecule has 0 fully saturated rings. The molecule has 0 spiro atoms. The lowest BCUT2D eigenvalue weighted by Gasteiger charge is -2.29. The number of allylic oxidation sites excluding steroid dienone is 7. The van der Waals surface area contributed by atoms with E-state index in [1.807, 2.05) is 25.2 Å². The van der Waals surface area contributed by atoms with Gasteiger partial charge in [-0.1, -0.05) is 30.4 Å². The van der Waals surface area contributed by atoms with Crippen LogP contribution < -0.4 is 0 Å². The lowest BCUT2D eigenvalue weighted by atomic mass is 9.96. The molecule has 3 nitrogen and oxygen atoms in total. The van der Waals surface area contributed by atoms with Gasteiger partial charge in [-0.15, -0.1) is 0 Å². The third-order valence-corrected chi connectivity index (χ3v) is 4.52. The summed E-state index contributed by atoms with van der Waals surface area (Å²) in [5.74, 6) is -3.29. The van der Waals surface area contributed by atoms with Gasteiger partial charge in [0.15, 0.2) is 11.6 Å². The molecule has 2 aliphatic rings. The smallest absolute Gasteiger partial charge is 0.161 e. The number of rotatable bonds is 3. The van der Waals surface area contributed by atoms with Crippen molar-refractivity contribution >= 4 is 11.9 Å². The summed E-state index contributed by atoms with van der Waals surface area (Å²) in [5, 5.41) is 9.37. The molecule has 1 unspecified atom stereocenters. The number of aliphatic imine (C=N–C) groups is 1. The van der Waals surface area contributed by atoms with Crippen LogP contribution in [0.15, 0.2) is 70.5 Å². The summed E-state index contributed by atoms with van der Waals surface area (Å²) < 4.78 is 41.6. The van der Waals surface area contributed by atoms with E-state index in [1.165, 1.54) is 0 Å². The van der Waals surface area contributed by atoms with Crippen molar-refractivity contribution in [1.29, 1.82) is 5.26 Å². The molecular weight excluding hydrogens is 363 g/mol. The van der Waals surface area contributed by atoms with Gasteiger partial charge in [-0.25, -0.2) is 13.2 Å². The molecule has 0 aliphatic carbocycles. The highest BCUT2D eigenvalue weighted by atomic mass is 19.2. The predicted octanol–water partition coefficient (Wildman–Crippen LogP) is 5.42. The highest BCUT2D eigenvalue weighted by molar-refractivity contribution is 5.83. The zero-order chi connectivity index (χ0) is 20.3. The van der Waals surface area contributed by atoms with E-state index in [9.17, 15) is 18.4 Å². The maximum Gasteiger partial charge on any atom is 0.161 e. The summed E-state index contributed by atoms with van der Waals surface area (Å²) in [6.07, 6.45) is 13.0. The number of benzene rings is 1. The second-order valence-corrected chi connectivity index (χ2v) is 6.34. The topological polar surface area (TPSA) is 39.4 Å². The van der Waals surface area contributed by atoms with Gasteiger partial charge in [-0.3, -0.25) is 4.99 Å². The molecule has 142 valence electrons. The van der Waals surface area contributed by atoms with Crippen molar-refractivity contribution in [3.63, 3.8) is 0 Å². The van der Waals surface area contributed by atoms with Gasteiger partial charge in [0.2, 0.25) is 0 Å². The fourth-order valence-corrected chi connectivity index (χ4v) is 3.06.